The monoisotopic (exact) mass is 294 g/mol. The summed E-state index contributed by atoms with van der Waals surface area (Å²) in [7, 11) is 0. The van der Waals surface area contributed by atoms with E-state index in [2.05, 4.69) is 10.3 Å². The lowest BCUT2D eigenvalue weighted by Crippen LogP contribution is -2.13. The number of carboxylic acid groups (broad SMARTS) is 1. The Hall–Kier alpha value is -2.47. The van der Waals surface area contributed by atoms with Crippen molar-refractivity contribution in [2.75, 3.05) is 5.32 Å². The average molecular weight is 295 g/mol. The number of nitrogens with one attached hydrogen (secondary N) is 1. The Morgan fingerprint density at radius 3 is 2.60 bits per heavy atom. The van der Waals surface area contributed by atoms with Gasteiger partial charge < -0.3 is 10.4 Å². The van der Waals surface area contributed by atoms with Crippen molar-refractivity contribution in [2.24, 2.45) is 0 Å². The number of benzene rings is 1. The van der Waals surface area contributed by atoms with Crippen LogP contribution in [0.1, 0.15) is 20.7 Å². The summed E-state index contributed by atoms with van der Waals surface area (Å²) in [5.41, 5.74) is 0.293. The topological polar surface area (TPSA) is 79.3 Å². The normalized spacial score (nSPS) is 10.1. The number of anilines is 1. The fraction of sp³-hybridized carbons (Fsp3) is 0. The number of hydrogen-bond donors (Lipinski definition) is 2. The van der Waals surface area contributed by atoms with Crippen molar-refractivity contribution < 1.29 is 19.1 Å². The third-order valence-corrected chi connectivity index (χ3v) is 2.77. The summed E-state index contributed by atoms with van der Waals surface area (Å²) >= 11 is 5.72. The first-order valence-corrected chi connectivity index (χ1v) is 5.81. The molecule has 1 heterocycles. The van der Waals surface area contributed by atoms with Crippen LogP contribution in [0.5, 0.6) is 0 Å². The quantitative estimate of drug-likeness (QED) is 0.853. The molecule has 1 amide bonds. The van der Waals surface area contributed by atoms with Gasteiger partial charge in [-0.2, -0.15) is 4.39 Å². The first-order chi connectivity index (χ1) is 9.47. The first-order valence-electron chi connectivity index (χ1n) is 5.43. The summed E-state index contributed by atoms with van der Waals surface area (Å²) in [6, 6.07) is 6.39. The van der Waals surface area contributed by atoms with Crippen LogP contribution in [0.4, 0.5) is 10.1 Å². The van der Waals surface area contributed by atoms with Gasteiger partial charge in [-0.05, 0) is 30.3 Å². The first kappa shape index (κ1) is 14.0. The van der Waals surface area contributed by atoms with E-state index in [9.17, 15) is 14.0 Å². The summed E-state index contributed by atoms with van der Waals surface area (Å²) in [5, 5.41) is 11.5. The molecule has 5 nitrogen and oxygen atoms in total. The van der Waals surface area contributed by atoms with E-state index in [0.29, 0.717) is 0 Å². The molecule has 0 saturated heterocycles. The number of amides is 1. The Morgan fingerprint density at radius 1 is 1.25 bits per heavy atom. The van der Waals surface area contributed by atoms with Crippen LogP contribution in [0.25, 0.3) is 0 Å². The van der Waals surface area contributed by atoms with Crippen molar-refractivity contribution in [1.29, 1.82) is 0 Å². The minimum atomic E-state index is -1.20. The molecule has 0 atom stereocenters. The lowest BCUT2D eigenvalue weighted by atomic mass is 10.2. The van der Waals surface area contributed by atoms with Gasteiger partial charge in [-0.15, -0.1) is 0 Å². The Bertz CT molecular complexity index is 674. The highest BCUT2D eigenvalue weighted by atomic mass is 35.5. The second kappa shape index (κ2) is 5.66. The number of nitrogens with zero attached hydrogens (tertiary/aromatic N) is 1. The molecule has 0 bridgehead atoms. The number of aromatic carboxylic acids is 1. The van der Waals surface area contributed by atoms with Gasteiger partial charge >= 0.3 is 5.97 Å². The lowest BCUT2D eigenvalue weighted by Gasteiger charge is -2.07. The number of pyridine rings is 1. The van der Waals surface area contributed by atoms with Crippen LogP contribution < -0.4 is 5.32 Å². The number of carbonyl (C=O) groups excluding carboxylic acids is 1. The van der Waals surface area contributed by atoms with E-state index in [1.54, 1.807) is 0 Å². The van der Waals surface area contributed by atoms with Crippen molar-refractivity contribution in [3.63, 3.8) is 0 Å². The van der Waals surface area contributed by atoms with E-state index in [1.807, 2.05) is 0 Å². The molecule has 1 aromatic carbocycles. The van der Waals surface area contributed by atoms with Crippen molar-refractivity contribution in [3.8, 4) is 0 Å². The number of carboxylic acids is 1. The van der Waals surface area contributed by atoms with Crippen LogP contribution in [-0.4, -0.2) is 22.0 Å². The lowest BCUT2D eigenvalue weighted by molar-refractivity contribution is 0.0696. The molecule has 20 heavy (non-hydrogen) atoms. The average Bonchev–Trinajstić information content (AvgIpc) is 2.41. The molecule has 0 unspecified atom stereocenters. The van der Waals surface area contributed by atoms with Crippen molar-refractivity contribution in [1.82, 2.24) is 4.98 Å². The van der Waals surface area contributed by atoms with Crippen LogP contribution in [0, 0.1) is 5.95 Å². The van der Waals surface area contributed by atoms with Crippen molar-refractivity contribution in [2.45, 2.75) is 0 Å². The maximum atomic E-state index is 12.6. The van der Waals surface area contributed by atoms with Gasteiger partial charge in [-0.25, -0.2) is 9.78 Å². The van der Waals surface area contributed by atoms with E-state index in [1.165, 1.54) is 24.3 Å². The number of halogens is 2. The van der Waals surface area contributed by atoms with E-state index >= 15 is 0 Å². The van der Waals surface area contributed by atoms with Gasteiger partial charge in [-0.1, -0.05) is 11.6 Å². The smallest absolute Gasteiger partial charge is 0.337 e. The molecule has 102 valence electrons. The standard InChI is InChI=1S/C13H8ClFN2O3/c14-10-3-2-8(5-9(10)13(19)20)17-12(18)7-1-4-11(15)16-6-7/h1-6H,(H,17,18)(H,19,20). The predicted octanol–water partition coefficient (Wildman–Crippen LogP) is 2.82. The molecule has 1 aromatic heterocycles. The highest BCUT2D eigenvalue weighted by Crippen LogP contribution is 2.21. The van der Waals surface area contributed by atoms with E-state index in [-0.39, 0.29) is 21.8 Å². The zero-order valence-corrected chi connectivity index (χ0v) is 10.7. The highest BCUT2D eigenvalue weighted by molar-refractivity contribution is 6.33. The minimum Gasteiger partial charge on any atom is -0.478 e. The van der Waals surface area contributed by atoms with Crippen LogP contribution in [0.3, 0.4) is 0 Å². The van der Waals surface area contributed by atoms with E-state index < -0.39 is 17.8 Å². The second-order valence-corrected chi connectivity index (χ2v) is 4.23. The van der Waals surface area contributed by atoms with Gasteiger partial charge in [0.1, 0.15) is 0 Å². The predicted molar refractivity (Wildman–Crippen MR) is 70.6 cm³/mol. The largest absolute Gasteiger partial charge is 0.478 e. The molecule has 0 saturated carbocycles. The molecular formula is C13H8ClFN2O3. The Kier molecular flexibility index (Phi) is 3.95. The van der Waals surface area contributed by atoms with Gasteiger partial charge in [0.25, 0.3) is 5.91 Å². The Labute approximate surface area is 118 Å². The third kappa shape index (κ3) is 3.10. The SMILES string of the molecule is O=C(Nc1ccc(Cl)c(C(=O)O)c1)c1ccc(F)nc1. The molecule has 2 aromatic rings. The van der Waals surface area contributed by atoms with Crippen molar-refractivity contribution >= 4 is 29.2 Å². The summed E-state index contributed by atoms with van der Waals surface area (Å²) in [5.74, 6) is -2.42. The zero-order chi connectivity index (χ0) is 14.7. The highest BCUT2D eigenvalue weighted by Gasteiger charge is 2.12. The number of carbonyl (C=O) groups is 2. The zero-order valence-electron chi connectivity index (χ0n) is 9.93. The fourth-order valence-corrected chi connectivity index (χ4v) is 1.68. The molecule has 2 N–H and O–H groups in total. The molecule has 0 spiro atoms. The molecule has 2 rings (SSSR count). The molecular weight excluding hydrogens is 287 g/mol. The third-order valence-electron chi connectivity index (χ3n) is 2.44. The summed E-state index contributed by atoms with van der Waals surface area (Å²) in [4.78, 5) is 26.1. The maximum Gasteiger partial charge on any atom is 0.337 e. The van der Waals surface area contributed by atoms with Gasteiger partial charge in [0.05, 0.1) is 16.1 Å². The van der Waals surface area contributed by atoms with Crippen molar-refractivity contribution in [3.05, 3.63) is 58.6 Å². The Balaban J connectivity index is 2.21. The van der Waals surface area contributed by atoms with Gasteiger partial charge in [0.2, 0.25) is 5.95 Å². The Morgan fingerprint density at radius 2 is 2.00 bits per heavy atom. The summed E-state index contributed by atoms with van der Waals surface area (Å²) in [6.07, 6.45) is 1.08. The van der Waals surface area contributed by atoms with Crippen LogP contribution in [0.2, 0.25) is 5.02 Å². The molecule has 0 aliphatic heterocycles. The van der Waals surface area contributed by atoms with Gasteiger partial charge in [0.15, 0.2) is 0 Å². The van der Waals surface area contributed by atoms with Crippen LogP contribution in [0.15, 0.2) is 36.5 Å². The number of aromatic nitrogens is 1. The maximum absolute atomic E-state index is 12.6. The second-order valence-electron chi connectivity index (χ2n) is 3.82. The molecule has 0 aliphatic carbocycles. The summed E-state index contributed by atoms with van der Waals surface area (Å²) < 4.78 is 12.6. The summed E-state index contributed by atoms with van der Waals surface area (Å²) in [6.45, 7) is 0. The molecule has 7 heteroatoms. The number of rotatable bonds is 3. The molecule has 0 radical (unpaired) electrons. The van der Waals surface area contributed by atoms with E-state index in [0.717, 1.165) is 12.3 Å². The number of hydrogen-bond acceptors (Lipinski definition) is 3. The van der Waals surface area contributed by atoms with Gasteiger partial charge in [0, 0.05) is 11.9 Å². The molecule has 0 aliphatic rings. The van der Waals surface area contributed by atoms with E-state index in [4.69, 9.17) is 16.7 Å². The van der Waals surface area contributed by atoms with Crippen LogP contribution >= 0.6 is 11.6 Å². The molecule has 0 fully saturated rings. The fourth-order valence-electron chi connectivity index (χ4n) is 1.48. The van der Waals surface area contributed by atoms with Crippen LogP contribution in [-0.2, 0) is 0 Å². The minimum absolute atomic E-state index is 0.0685. The van der Waals surface area contributed by atoms with Gasteiger partial charge in [-0.3, -0.25) is 4.79 Å².